The summed E-state index contributed by atoms with van der Waals surface area (Å²) in [4.78, 5) is 22.9. The summed E-state index contributed by atoms with van der Waals surface area (Å²) in [5, 5.41) is 5.72. The molecule has 0 spiro atoms. The first-order valence-corrected chi connectivity index (χ1v) is 7.10. The Morgan fingerprint density at radius 1 is 1.29 bits per heavy atom. The Morgan fingerprint density at radius 3 is 2.38 bits per heavy atom. The fourth-order valence-corrected chi connectivity index (χ4v) is 1.83. The molecule has 6 heteroatoms. The minimum Gasteiger partial charge on any atom is -0.327 e. The van der Waals surface area contributed by atoms with Gasteiger partial charge in [-0.15, -0.1) is 0 Å². The van der Waals surface area contributed by atoms with E-state index in [-0.39, 0.29) is 29.7 Å². The summed E-state index contributed by atoms with van der Waals surface area (Å²) >= 11 is 6.04. The first-order valence-electron chi connectivity index (χ1n) is 6.72. The number of hydrogen-bond acceptors (Lipinski definition) is 3. The van der Waals surface area contributed by atoms with Crippen molar-refractivity contribution in [2.75, 3.05) is 10.6 Å². The normalized spacial score (nSPS) is 12.7. The standard InChI is InChI=1S/C15H22ClN3O2/c1-9(20)18-12-6-5-10(7-11(12)16)19-14(21)8-13(17)15(2,3)4/h5-7,13H,8,17H2,1-4H3,(H,18,20)(H,19,21). The molecule has 0 heterocycles. The maximum absolute atomic E-state index is 11.9. The third kappa shape index (κ3) is 5.73. The Balaban J connectivity index is 2.69. The summed E-state index contributed by atoms with van der Waals surface area (Å²) in [6, 6.07) is 4.68. The molecular weight excluding hydrogens is 290 g/mol. The second-order valence-corrected chi connectivity index (χ2v) is 6.51. The van der Waals surface area contributed by atoms with E-state index in [2.05, 4.69) is 10.6 Å². The fourth-order valence-electron chi connectivity index (χ4n) is 1.60. The molecule has 0 bridgehead atoms. The highest BCUT2D eigenvalue weighted by atomic mass is 35.5. The number of anilines is 2. The van der Waals surface area contributed by atoms with E-state index >= 15 is 0 Å². The smallest absolute Gasteiger partial charge is 0.225 e. The largest absolute Gasteiger partial charge is 0.327 e. The van der Waals surface area contributed by atoms with Crippen molar-refractivity contribution in [1.82, 2.24) is 0 Å². The van der Waals surface area contributed by atoms with Crippen molar-refractivity contribution >= 4 is 34.8 Å². The van der Waals surface area contributed by atoms with Crippen LogP contribution in [0.4, 0.5) is 11.4 Å². The van der Waals surface area contributed by atoms with Crippen LogP contribution in [0.15, 0.2) is 18.2 Å². The van der Waals surface area contributed by atoms with Crippen molar-refractivity contribution in [2.24, 2.45) is 11.1 Å². The summed E-state index contributed by atoms with van der Waals surface area (Å²) < 4.78 is 0. The predicted octanol–water partition coefficient (Wildman–Crippen LogP) is 3.00. The number of carbonyl (C=O) groups excluding carboxylic acids is 2. The molecule has 0 fully saturated rings. The molecule has 0 saturated heterocycles. The Kier molecular flexibility index (Phi) is 5.75. The third-order valence-electron chi connectivity index (χ3n) is 3.08. The van der Waals surface area contributed by atoms with Gasteiger partial charge in [0.05, 0.1) is 10.7 Å². The van der Waals surface area contributed by atoms with Crippen LogP contribution >= 0.6 is 11.6 Å². The van der Waals surface area contributed by atoms with Gasteiger partial charge in [-0.1, -0.05) is 32.4 Å². The lowest BCUT2D eigenvalue weighted by atomic mass is 9.85. The van der Waals surface area contributed by atoms with Crippen LogP contribution in [0.1, 0.15) is 34.1 Å². The van der Waals surface area contributed by atoms with E-state index in [9.17, 15) is 9.59 Å². The van der Waals surface area contributed by atoms with Gasteiger partial charge in [-0.2, -0.15) is 0 Å². The molecule has 1 atom stereocenters. The van der Waals surface area contributed by atoms with Gasteiger partial charge in [-0.25, -0.2) is 0 Å². The first kappa shape index (κ1) is 17.5. The molecule has 1 aromatic carbocycles. The van der Waals surface area contributed by atoms with Crippen molar-refractivity contribution in [2.45, 2.75) is 40.2 Å². The van der Waals surface area contributed by atoms with E-state index in [1.807, 2.05) is 20.8 Å². The van der Waals surface area contributed by atoms with Gasteiger partial charge >= 0.3 is 0 Å². The summed E-state index contributed by atoms with van der Waals surface area (Å²) in [7, 11) is 0. The molecule has 116 valence electrons. The third-order valence-corrected chi connectivity index (χ3v) is 3.39. The van der Waals surface area contributed by atoms with Gasteiger partial charge in [0.25, 0.3) is 0 Å². The number of benzene rings is 1. The molecule has 1 aromatic rings. The molecule has 0 radical (unpaired) electrons. The maximum atomic E-state index is 11.9. The topological polar surface area (TPSA) is 84.2 Å². The molecule has 0 aliphatic rings. The lowest BCUT2D eigenvalue weighted by Crippen LogP contribution is -2.38. The van der Waals surface area contributed by atoms with Gasteiger partial charge < -0.3 is 16.4 Å². The summed E-state index contributed by atoms with van der Waals surface area (Å²) in [6.07, 6.45) is 0.231. The van der Waals surface area contributed by atoms with E-state index in [0.29, 0.717) is 16.4 Å². The SMILES string of the molecule is CC(=O)Nc1ccc(NC(=O)CC(N)C(C)(C)C)cc1Cl. The first-order chi connectivity index (χ1) is 9.59. The highest BCUT2D eigenvalue weighted by Gasteiger charge is 2.23. The molecule has 5 nitrogen and oxygen atoms in total. The minimum absolute atomic E-state index is 0.135. The Hall–Kier alpha value is -1.59. The molecule has 21 heavy (non-hydrogen) atoms. The van der Waals surface area contributed by atoms with Gasteiger partial charge in [-0.05, 0) is 23.6 Å². The average molecular weight is 312 g/mol. The zero-order valence-corrected chi connectivity index (χ0v) is 13.5. The van der Waals surface area contributed by atoms with Gasteiger partial charge in [0, 0.05) is 25.1 Å². The number of hydrogen-bond donors (Lipinski definition) is 3. The van der Waals surface area contributed by atoms with Crippen LogP contribution in [0.3, 0.4) is 0 Å². The number of rotatable bonds is 4. The summed E-state index contributed by atoms with van der Waals surface area (Å²) in [6.45, 7) is 7.37. The van der Waals surface area contributed by atoms with Crippen LogP contribution in [0.5, 0.6) is 0 Å². The maximum Gasteiger partial charge on any atom is 0.225 e. The molecule has 0 saturated carbocycles. The quantitative estimate of drug-likeness (QED) is 0.799. The summed E-state index contributed by atoms with van der Waals surface area (Å²) in [5.74, 6) is -0.370. The van der Waals surface area contributed by atoms with Crippen molar-refractivity contribution in [3.8, 4) is 0 Å². The van der Waals surface area contributed by atoms with Crippen LogP contribution < -0.4 is 16.4 Å². The second-order valence-electron chi connectivity index (χ2n) is 6.10. The molecular formula is C15H22ClN3O2. The minimum atomic E-state index is -0.230. The molecule has 2 amide bonds. The number of nitrogens with two attached hydrogens (primary N) is 1. The molecule has 0 aliphatic heterocycles. The average Bonchev–Trinajstić information content (AvgIpc) is 2.30. The van der Waals surface area contributed by atoms with Crippen LogP contribution in [0.25, 0.3) is 0 Å². The fraction of sp³-hybridized carbons (Fsp3) is 0.467. The molecule has 4 N–H and O–H groups in total. The lowest BCUT2D eigenvalue weighted by molar-refractivity contribution is -0.117. The van der Waals surface area contributed by atoms with Crippen molar-refractivity contribution in [3.63, 3.8) is 0 Å². The highest BCUT2D eigenvalue weighted by Crippen LogP contribution is 2.26. The van der Waals surface area contributed by atoms with E-state index < -0.39 is 0 Å². The van der Waals surface area contributed by atoms with E-state index in [0.717, 1.165) is 0 Å². The molecule has 1 unspecified atom stereocenters. The number of carbonyl (C=O) groups is 2. The van der Waals surface area contributed by atoms with E-state index in [4.69, 9.17) is 17.3 Å². The molecule has 1 rings (SSSR count). The van der Waals surface area contributed by atoms with Crippen molar-refractivity contribution in [1.29, 1.82) is 0 Å². The van der Waals surface area contributed by atoms with Crippen molar-refractivity contribution < 1.29 is 9.59 Å². The zero-order chi connectivity index (χ0) is 16.2. The predicted molar refractivity (Wildman–Crippen MR) is 86.4 cm³/mol. The second kappa shape index (κ2) is 6.91. The van der Waals surface area contributed by atoms with Crippen molar-refractivity contribution in [3.05, 3.63) is 23.2 Å². The molecule has 0 aromatic heterocycles. The zero-order valence-electron chi connectivity index (χ0n) is 12.8. The van der Waals surface area contributed by atoms with Crippen LogP contribution in [-0.2, 0) is 9.59 Å². The Labute approximate surface area is 130 Å². The van der Waals surface area contributed by atoms with Crippen LogP contribution in [0, 0.1) is 5.41 Å². The van der Waals surface area contributed by atoms with E-state index in [1.54, 1.807) is 18.2 Å². The Bertz CT molecular complexity index is 538. The molecule has 0 aliphatic carbocycles. The number of nitrogens with one attached hydrogen (secondary N) is 2. The highest BCUT2D eigenvalue weighted by molar-refractivity contribution is 6.34. The van der Waals surface area contributed by atoms with Gasteiger partial charge in [0.15, 0.2) is 0 Å². The number of amides is 2. The van der Waals surface area contributed by atoms with Crippen LogP contribution in [0.2, 0.25) is 5.02 Å². The Morgan fingerprint density at radius 2 is 1.90 bits per heavy atom. The van der Waals surface area contributed by atoms with E-state index in [1.165, 1.54) is 6.92 Å². The van der Waals surface area contributed by atoms with Gasteiger partial charge in [-0.3, -0.25) is 9.59 Å². The van der Waals surface area contributed by atoms with Crippen LogP contribution in [-0.4, -0.2) is 17.9 Å². The van der Waals surface area contributed by atoms with Gasteiger partial charge in [0.2, 0.25) is 11.8 Å². The summed E-state index contributed by atoms with van der Waals surface area (Å²) in [5.41, 5.74) is 6.92. The lowest BCUT2D eigenvalue weighted by Gasteiger charge is -2.26. The van der Waals surface area contributed by atoms with Gasteiger partial charge in [0.1, 0.15) is 0 Å². The number of halogens is 1. The monoisotopic (exact) mass is 311 g/mol.